The Morgan fingerprint density at radius 1 is 0.706 bits per heavy atom. The Morgan fingerprint density at radius 2 is 1.35 bits per heavy atom. The molecule has 17 heavy (non-hydrogen) atoms. The number of phenolic OH excluding ortho intramolecular Hbond substituents is 1. The minimum Gasteiger partial charge on any atom is -0.507 e. The van der Waals surface area contributed by atoms with Gasteiger partial charge in [-0.05, 0) is 62.1 Å². The third-order valence-corrected chi connectivity index (χ3v) is 3.28. The van der Waals surface area contributed by atoms with E-state index < -0.39 is 0 Å². The van der Waals surface area contributed by atoms with E-state index >= 15 is 0 Å². The van der Waals surface area contributed by atoms with Gasteiger partial charge in [0.05, 0.1) is 0 Å². The van der Waals surface area contributed by atoms with Crippen LogP contribution in [0, 0.1) is 27.7 Å². The van der Waals surface area contributed by atoms with Crippen molar-refractivity contribution in [3.05, 3.63) is 52.6 Å². The molecule has 0 saturated carbocycles. The van der Waals surface area contributed by atoms with Crippen molar-refractivity contribution in [2.45, 2.75) is 27.7 Å². The molecule has 2 rings (SSSR count). The summed E-state index contributed by atoms with van der Waals surface area (Å²) >= 11 is 0. The topological polar surface area (TPSA) is 20.2 Å². The summed E-state index contributed by atoms with van der Waals surface area (Å²) in [6.45, 7) is 8.34. The van der Waals surface area contributed by atoms with Crippen LogP contribution in [0.1, 0.15) is 22.3 Å². The highest BCUT2D eigenvalue weighted by Crippen LogP contribution is 2.33. The van der Waals surface area contributed by atoms with Gasteiger partial charge in [-0.25, -0.2) is 0 Å². The van der Waals surface area contributed by atoms with Crippen LogP contribution in [0.25, 0.3) is 11.1 Å². The minimum absolute atomic E-state index is 0.349. The summed E-state index contributed by atoms with van der Waals surface area (Å²) < 4.78 is 0. The lowest BCUT2D eigenvalue weighted by molar-refractivity contribution is 0.477. The van der Waals surface area contributed by atoms with Crippen LogP contribution in [0.5, 0.6) is 5.75 Å². The Bertz CT molecular complexity index is 568. The van der Waals surface area contributed by atoms with Crippen LogP contribution in [0.15, 0.2) is 30.3 Å². The molecule has 0 spiro atoms. The number of benzene rings is 2. The number of rotatable bonds is 1. The van der Waals surface area contributed by atoms with Crippen molar-refractivity contribution in [2.24, 2.45) is 0 Å². The standard InChI is InChI=1S/C16H18O/c1-10-5-6-16(17)15(7-10)14-9-12(3)11(2)8-13(14)4/h5-9,17H,1-4H3. The molecule has 0 amide bonds. The Morgan fingerprint density at radius 3 is 2.06 bits per heavy atom. The van der Waals surface area contributed by atoms with E-state index in [1.54, 1.807) is 6.07 Å². The Hall–Kier alpha value is -1.76. The van der Waals surface area contributed by atoms with Crippen molar-refractivity contribution in [1.29, 1.82) is 0 Å². The summed E-state index contributed by atoms with van der Waals surface area (Å²) in [5, 5.41) is 9.97. The molecule has 0 aliphatic rings. The van der Waals surface area contributed by atoms with Crippen molar-refractivity contribution >= 4 is 0 Å². The Kier molecular flexibility index (Phi) is 2.93. The smallest absolute Gasteiger partial charge is 0.123 e. The van der Waals surface area contributed by atoms with E-state index in [9.17, 15) is 5.11 Å². The fourth-order valence-corrected chi connectivity index (χ4v) is 2.12. The van der Waals surface area contributed by atoms with Crippen molar-refractivity contribution in [1.82, 2.24) is 0 Å². The molecule has 2 aromatic carbocycles. The third-order valence-electron chi connectivity index (χ3n) is 3.28. The maximum atomic E-state index is 9.97. The lowest BCUT2D eigenvalue weighted by Crippen LogP contribution is -1.90. The van der Waals surface area contributed by atoms with Crippen molar-refractivity contribution in [3.8, 4) is 16.9 Å². The maximum Gasteiger partial charge on any atom is 0.123 e. The second-order valence-electron chi connectivity index (χ2n) is 4.77. The van der Waals surface area contributed by atoms with E-state index in [0.29, 0.717) is 5.75 Å². The van der Waals surface area contributed by atoms with E-state index in [-0.39, 0.29) is 0 Å². The van der Waals surface area contributed by atoms with Crippen molar-refractivity contribution < 1.29 is 5.11 Å². The van der Waals surface area contributed by atoms with Gasteiger partial charge in [0, 0.05) is 5.56 Å². The monoisotopic (exact) mass is 226 g/mol. The maximum absolute atomic E-state index is 9.97. The molecule has 0 heterocycles. The average molecular weight is 226 g/mol. The summed E-state index contributed by atoms with van der Waals surface area (Å²) in [6, 6.07) is 10.0. The van der Waals surface area contributed by atoms with Crippen molar-refractivity contribution in [2.75, 3.05) is 0 Å². The van der Waals surface area contributed by atoms with Crippen LogP contribution in [0.2, 0.25) is 0 Å². The second-order valence-corrected chi connectivity index (χ2v) is 4.77. The molecule has 0 radical (unpaired) electrons. The number of hydrogen-bond acceptors (Lipinski definition) is 1. The molecule has 0 aromatic heterocycles. The zero-order valence-corrected chi connectivity index (χ0v) is 10.8. The van der Waals surface area contributed by atoms with Crippen LogP contribution in [-0.4, -0.2) is 5.11 Å². The van der Waals surface area contributed by atoms with Crippen LogP contribution < -0.4 is 0 Å². The van der Waals surface area contributed by atoms with Gasteiger partial charge in [0.1, 0.15) is 5.75 Å². The normalized spacial score (nSPS) is 10.6. The molecule has 1 N–H and O–H groups in total. The SMILES string of the molecule is Cc1ccc(O)c(-c2cc(C)c(C)cc2C)c1. The number of phenols is 1. The molecule has 2 aromatic rings. The number of aryl methyl sites for hydroxylation is 4. The van der Waals surface area contributed by atoms with Crippen molar-refractivity contribution in [3.63, 3.8) is 0 Å². The first-order valence-corrected chi connectivity index (χ1v) is 5.87. The predicted molar refractivity (Wildman–Crippen MR) is 72.5 cm³/mol. The highest BCUT2D eigenvalue weighted by atomic mass is 16.3. The van der Waals surface area contributed by atoms with Gasteiger partial charge in [0.15, 0.2) is 0 Å². The fourth-order valence-electron chi connectivity index (χ4n) is 2.12. The van der Waals surface area contributed by atoms with Crippen LogP contribution in [-0.2, 0) is 0 Å². The lowest BCUT2D eigenvalue weighted by atomic mass is 9.94. The van der Waals surface area contributed by atoms with E-state index in [1.165, 1.54) is 16.7 Å². The third kappa shape index (κ3) is 2.19. The molecule has 1 nitrogen and oxygen atoms in total. The van der Waals surface area contributed by atoms with Gasteiger partial charge in [-0.1, -0.05) is 23.8 Å². The highest BCUT2D eigenvalue weighted by molar-refractivity contribution is 5.74. The van der Waals surface area contributed by atoms with Gasteiger partial charge in [-0.2, -0.15) is 0 Å². The highest BCUT2D eigenvalue weighted by Gasteiger charge is 2.08. The van der Waals surface area contributed by atoms with Gasteiger partial charge in [0.25, 0.3) is 0 Å². The fraction of sp³-hybridized carbons (Fsp3) is 0.250. The molecule has 88 valence electrons. The summed E-state index contributed by atoms with van der Waals surface area (Å²) in [7, 11) is 0. The van der Waals surface area contributed by atoms with Gasteiger partial charge in [-0.3, -0.25) is 0 Å². The van der Waals surface area contributed by atoms with E-state index in [4.69, 9.17) is 0 Å². The molecule has 0 saturated heterocycles. The summed E-state index contributed by atoms with van der Waals surface area (Å²) in [4.78, 5) is 0. The predicted octanol–water partition coefficient (Wildman–Crippen LogP) is 4.29. The zero-order chi connectivity index (χ0) is 12.6. The molecular formula is C16H18O. The number of hydrogen-bond donors (Lipinski definition) is 1. The quantitative estimate of drug-likeness (QED) is 0.769. The van der Waals surface area contributed by atoms with Gasteiger partial charge < -0.3 is 5.11 Å². The molecule has 0 aliphatic heterocycles. The summed E-state index contributed by atoms with van der Waals surface area (Å²) in [6.07, 6.45) is 0. The first-order chi connectivity index (χ1) is 7.99. The molecule has 0 aliphatic carbocycles. The van der Waals surface area contributed by atoms with Crippen LogP contribution >= 0.6 is 0 Å². The van der Waals surface area contributed by atoms with Crippen LogP contribution in [0.4, 0.5) is 0 Å². The van der Waals surface area contributed by atoms with E-state index in [2.05, 4.69) is 32.9 Å². The zero-order valence-electron chi connectivity index (χ0n) is 10.8. The molecule has 0 unspecified atom stereocenters. The molecule has 1 heteroatoms. The molecule has 0 atom stereocenters. The van der Waals surface area contributed by atoms with E-state index in [0.717, 1.165) is 16.7 Å². The largest absolute Gasteiger partial charge is 0.507 e. The van der Waals surface area contributed by atoms with Gasteiger partial charge in [0.2, 0.25) is 0 Å². The lowest BCUT2D eigenvalue weighted by Gasteiger charge is -2.12. The molecular weight excluding hydrogens is 208 g/mol. The first kappa shape index (κ1) is 11.7. The first-order valence-electron chi connectivity index (χ1n) is 5.87. The Balaban J connectivity index is 2.68. The second kappa shape index (κ2) is 4.25. The Labute approximate surface area is 103 Å². The van der Waals surface area contributed by atoms with Gasteiger partial charge in [-0.15, -0.1) is 0 Å². The van der Waals surface area contributed by atoms with Crippen LogP contribution in [0.3, 0.4) is 0 Å². The van der Waals surface area contributed by atoms with E-state index in [1.807, 2.05) is 19.1 Å². The minimum atomic E-state index is 0.349. The number of aromatic hydroxyl groups is 1. The summed E-state index contributed by atoms with van der Waals surface area (Å²) in [5.41, 5.74) is 6.95. The van der Waals surface area contributed by atoms with Gasteiger partial charge >= 0.3 is 0 Å². The molecule has 0 fully saturated rings. The average Bonchev–Trinajstić information content (AvgIpc) is 2.27. The summed E-state index contributed by atoms with van der Waals surface area (Å²) in [5.74, 6) is 0.349. The molecule has 0 bridgehead atoms.